The highest BCUT2D eigenvalue weighted by molar-refractivity contribution is 6.17. The summed E-state index contributed by atoms with van der Waals surface area (Å²) in [4.78, 5) is 38.8. The van der Waals surface area contributed by atoms with E-state index in [9.17, 15) is 23.9 Å². The number of hydrogen-bond donors (Lipinski definition) is 3. The van der Waals surface area contributed by atoms with Crippen molar-refractivity contribution in [2.45, 2.75) is 13.5 Å². The van der Waals surface area contributed by atoms with Gasteiger partial charge in [0.05, 0.1) is 5.56 Å². The first kappa shape index (κ1) is 21.8. The van der Waals surface area contributed by atoms with Gasteiger partial charge in [-0.3, -0.25) is 9.59 Å². The molecule has 0 bridgehead atoms. The van der Waals surface area contributed by atoms with Crippen LogP contribution in [0.5, 0.6) is 11.5 Å². The highest BCUT2D eigenvalue weighted by Crippen LogP contribution is 2.28. The maximum absolute atomic E-state index is 14.0. The van der Waals surface area contributed by atoms with Gasteiger partial charge in [-0.25, -0.2) is 9.18 Å². The number of aliphatic carboxylic acids is 1. The van der Waals surface area contributed by atoms with Crippen LogP contribution in [0.4, 0.5) is 4.39 Å². The number of carboxylic acid groups (broad SMARTS) is 1. The number of halogens is 1. The number of carbonyl (C=O) groups is 2. The molecule has 0 atom stereocenters. The summed E-state index contributed by atoms with van der Waals surface area (Å²) in [5.41, 5.74) is 1.96. The maximum atomic E-state index is 14.0. The van der Waals surface area contributed by atoms with Crippen molar-refractivity contribution in [1.29, 1.82) is 0 Å². The Morgan fingerprint density at radius 2 is 1.82 bits per heavy atom. The van der Waals surface area contributed by atoms with Crippen molar-refractivity contribution in [3.63, 3.8) is 0 Å². The minimum absolute atomic E-state index is 0.0345. The summed E-state index contributed by atoms with van der Waals surface area (Å²) >= 11 is 0. The lowest BCUT2D eigenvalue weighted by Crippen LogP contribution is -2.11. The van der Waals surface area contributed by atoms with Gasteiger partial charge in [0.1, 0.15) is 11.4 Å². The summed E-state index contributed by atoms with van der Waals surface area (Å²) < 4.78 is 20.8. The number of rotatable bonds is 7. The monoisotopic (exact) mass is 450 g/mol. The third kappa shape index (κ3) is 4.33. The van der Waals surface area contributed by atoms with Crippen molar-refractivity contribution in [3.05, 3.63) is 93.2 Å². The third-order valence-electron chi connectivity index (χ3n) is 5.25. The number of phenols is 1. The van der Waals surface area contributed by atoms with Gasteiger partial charge < -0.3 is 24.5 Å². The number of aromatic amines is 1. The van der Waals surface area contributed by atoms with Gasteiger partial charge in [0.25, 0.3) is 0 Å². The molecule has 2 heterocycles. The fraction of sp³-hybridized carbons (Fsp3) is 0.125. The number of ether oxygens (including phenoxy) is 1. The average Bonchev–Trinajstić information content (AvgIpc) is 3.04. The number of pyridine rings is 1. The number of H-pyrrole nitrogens is 1. The van der Waals surface area contributed by atoms with Crippen LogP contribution in [0.1, 0.15) is 27.2 Å². The van der Waals surface area contributed by atoms with Gasteiger partial charge in [0, 0.05) is 29.3 Å². The predicted molar refractivity (Wildman–Crippen MR) is 117 cm³/mol. The molecular formula is C24H19FN2O6. The smallest absolute Gasteiger partial charge is 0.341 e. The number of benzene rings is 2. The molecule has 8 nitrogen and oxygen atoms in total. The van der Waals surface area contributed by atoms with Gasteiger partial charge in [0.2, 0.25) is 5.56 Å². The van der Waals surface area contributed by atoms with E-state index in [1.807, 2.05) is 0 Å². The van der Waals surface area contributed by atoms with Crippen LogP contribution in [0.3, 0.4) is 0 Å². The molecule has 0 aliphatic heterocycles. The second-order valence-electron chi connectivity index (χ2n) is 7.45. The van der Waals surface area contributed by atoms with Crippen molar-refractivity contribution in [2.24, 2.45) is 0 Å². The number of fused-ring (bicyclic) bond motifs is 1. The first-order chi connectivity index (χ1) is 15.7. The van der Waals surface area contributed by atoms with Crippen molar-refractivity contribution in [1.82, 2.24) is 9.55 Å². The molecule has 168 valence electrons. The number of nitrogens with one attached hydrogen (secondary N) is 1. The Balaban J connectivity index is 1.80. The summed E-state index contributed by atoms with van der Waals surface area (Å²) in [7, 11) is 0. The fourth-order valence-corrected chi connectivity index (χ4v) is 3.70. The highest BCUT2D eigenvalue weighted by Gasteiger charge is 2.22. The lowest BCUT2D eigenvalue weighted by molar-refractivity contribution is -0.139. The molecule has 4 rings (SSSR count). The number of phenolic OH excluding ortho intramolecular Hbond substituents is 1. The second kappa shape index (κ2) is 8.62. The van der Waals surface area contributed by atoms with Crippen molar-refractivity contribution < 1.29 is 28.9 Å². The van der Waals surface area contributed by atoms with Crippen LogP contribution in [0.25, 0.3) is 11.0 Å². The molecule has 0 fully saturated rings. The first-order valence-electron chi connectivity index (χ1n) is 9.93. The molecule has 33 heavy (non-hydrogen) atoms. The van der Waals surface area contributed by atoms with Gasteiger partial charge in [-0.2, -0.15) is 0 Å². The number of nitrogens with zero attached hydrogens (tertiary/aromatic N) is 1. The highest BCUT2D eigenvalue weighted by atomic mass is 19.1. The van der Waals surface area contributed by atoms with E-state index in [4.69, 9.17) is 9.84 Å². The van der Waals surface area contributed by atoms with Gasteiger partial charge in [-0.1, -0.05) is 6.07 Å². The molecule has 0 radical (unpaired) electrons. The van der Waals surface area contributed by atoms with E-state index in [1.165, 1.54) is 48.5 Å². The van der Waals surface area contributed by atoms with Crippen LogP contribution in [-0.2, 0) is 11.3 Å². The second-order valence-corrected chi connectivity index (χ2v) is 7.45. The molecule has 0 spiro atoms. The molecular weight excluding hydrogens is 431 g/mol. The zero-order chi connectivity index (χ0) is 23.7. The number of ketones is 1. The minimum atomic E-state index is -1.23. The van der Waals surface area contributed by atoms with Crippen molar-refractivity contribution in [2.75, 3.05) is 6.61 Å². The van der Waals surface area contributed by atoms with Gasteiger partial charge in [-0.15, -0.1) is 0 Å². The summed E-state index contributed by atoms with van der Waals surface area (Å²) in [5.74, 6) is -2.40. The average molecular weight is 450 g/mol. The van der Waals surface area contributed by atoms with Crippen LogP contribution in [-0.4, -0.2) is 38.1 Å². The molecule has 4 aromatic rings. The zero-order valence-electron chi connectivity index (χ0n) is 17.5. The Bertz CT molecular complexity index is 1440. The zero-order valence-corrected chi connectivity index (χ0v) is 17.5. The van der Waals surface area contributed by atoms with Crippen molar-refractivity contribution in [3.8, 4) is 11.5 Å². The third-order valence-corrected chi connectivity index (χ3v) is 5.25. The Hall–Kier alpha value is -4.40. The molecule has 0 amide bonds. The molecule has 3 N–H and O–H groups in total. The Kier molecular flexibility index (Phi) is 5.70. The molecule has 2 aromatic carbocycles. The maximum Gasteiger partial charge on any atom is 0.341 e. The lowest BCUT2D eigenvalue weighted by Gasteiger charge is -2.11. The molecule has 9 heteroatoms. The SMILES string of the molecule is Cc1c(C(=O)c2ccc(O)cc2)c2ccc(=O)[nH]c2n1Cc1ccc(F)c(OCC(=O)O)c1. The minimum Gasteiger partial charge on any atom is -0.508 e. The largest absolute Gasteiger partial charge is 0.508 e. The molecule has 0 saturated heterocycles. The molecule has 0 saturated carbocycles. The first-order valence-corrected chi connectivity index (χ1v) is 9.93. The fourth-order valence-electron chi connectivity index (χ4n) is 3.70. The molecule has 0 aliphatic rings. The van der Waals surface area contributed by atoms with E-state index in [1.54, 1.807) is 17.6 Å². The number of carboxylic acids is 1. The topological polar surface area (TPSA) is 122 Å². The number of carbonyl (C=O) groups excluding carboxylic acids is 1. The van der Waals surface area contributed by atoms with Crippen molar-refractivity contribution >= 4 is 22.8 Å². The van der Waals surface area contributed by atoms with Crippen LogP contribution in [0.15, 0.2) is 59.4 Å². The predicted octanol–water partition coefficient (Wildman–Crippen LogP) is 3.23. The Morgan fingerprint density at radius 1 is 1.09 bits per heavy atom. The van der Waals surface area contributed by atoms with Crippen LogP contribution < -0.4 is 10.3 Å². The summed E-state index contributed by atoms with van der Waals surface area (Å²) in [6.45, 7) is 1.20. The van der Waals surface area contributed by atoms with Gasteiger partial charge in [0.15, 0.2) is 24.0 Å². The van der Waals surface area contributed by atoms with E-state index in [2.05, 4.69) is 4.98 Å². The normalized spacial score (nSPS) is 11.0. The van der Waals surface area contributed by atoms with Crippen LogP contribution in [0.2, 0.25) is 0 Å². The standard InChI is InChI=1S/C24H19FN2O6/c1-13-22(23(32)15-3-5-16(28)6-4-15)17-7-9-20(29)26-24(17)27(13)11-14-2-8-18(25)19(10-14)33-12-21(30)31/h2-10,28H,11-12H2,1H3,(H,26,29)(H,30,31). The summed E-state index contributed by atoms with van der Waals surface area (Å²) in [5, 5.41) is 18.8. The van der Waals surface area contributed by atoms with E-state index < -0.39 is 18.4 Å². The Morgan fingerprint density at radius 3 is 2.52 bits per heavy atom. The summed E-state index contributed by atoms with van der Waals surface area (Å²) in [6, 6.07) is 12.8. The van der Waals surface area contributed by atoms with E-state index in [0.717, 1.165) is 0 Å². The number of aromatic hydroxyl groups is 1. The number of hydrogen-bond acceptors (Lipinski definition) is 5. The molecule has 0 unspecified atom stereocenters. The van der Waals surface area contributed by atoms with Gasteiger partial charge in [-0.05, 0) is 55.0 Å². The molecule has 2 aromatic heterocycles. The quantitative estimate of drug-likeness (QED) is 0.372. The summed E-state index contributed by atoms with van der Waals surface area (Å²) in [6.07, 6.45) is 0. The van der Waals surface area contributed by atoms with E-state index in [-0.39, 0.29) is 29.4 Å². The van der Waals surface area contributed by atoms with E-state index in [0.29, 0.717) is 33.4 Å². The van der Waals surface area contributed by atoms with Crippen LogP contribution >= 0.6 is 0 Å². The Labute approximate surface area is 186 Å². The lowest BCUT2D eigenvalue weighted by atomic mass is 10.0. The number of aromatic nitrogens is 2. The van der Waals surface area contributed by atoms with Gasteiger partial charge >= 0.3 is 5.97 Å². The molecule has 0 aliphatic carbocycles. The van der Waals surface area contributed by atoms with E-state index >= 15 is 0 Å². The van der Waals surface area contributed by atoms with Crippen LogP contribution in [0, 0.1) is 12.7 Å².